The van der Waals surface area contributed by atoms with Gasteiger partial charge in [-0.05, 0) is 12.1 Å². The average Bonchev–Trinajstić information content (AvgIpc) is 2.65. The van der Waals surface area contributed by atoms with Crippen LogP contribution >= 0.6 is 0 Å². The fraction of sp³-hybridized carbons (Fsp3) is 0.400. The smallest absolute Gasteiger partial charge is 0.124 e. The maximum Gasteiger partial charge on any atom is 0.124 e. The maximum atomic E-state index is 5.72. The highest BCUT2D eigenvalue weighted by molar-refractivity contribution is 5.38. The molecule has 0 aliphatic carbocycles. The summed E-state index contributed by atoms with van der Waals surface area (Å²) in [4.78, 5) is 0. The number of ether oxygens (including phenoxy) is 2. The molecule has 0 spiro atoms. The van der Waals surface area contributed by atoms with Gasteiger partial charge in [0.1, 0.15) is 11.5 Å². The molecule has 0 radical (unpaired) electrons. The van der Waals surface area contributed by atoms with E-state index in [1.165, 1.54) is 11.1 Å². The lowest BCUT2D eigenvalue weighted by Crippen LogP contribution is -2.35. The Labute approximate surface area is 143 Å². The first-order valence-electron chi connectivity index (χ1n) is 8.82. The van der Waals surface area contributed by atoms with Gasteiger partial charge in [-0.15, -0.1) is 0 Å². The van der Waals surface area contributed by atoms with Gasteiger partial charge in [0, 0.05) is 49.1 Å². The molecule has 4 heteroatoms. The van der Waals surface area contributed by atoms with Crippen molar-refractivity contribution in [2.75, 3.05) is 26.3 Å². The van der Waals surface area contributed by atoms with Crippen LogP contribution in [0.2, 0.25) is 0 Å². The van der Waals surface area contributed by atoms with Crippen molar-refractivity contribution in [2.45, 2.75) is 24.9 Å². The minimum absolute atomic E-state index is 0.388. The normalized spacial score (nSPS) is 22.0. The van der Waals surface area contributed by atoms with E-state index in [4.69, 9.17) is 9.47 Å². The zero-order valence-corrected chi connectivity index (χ0v) is 13.8. The first-order chi connectivity index (χ1) is 11.9. The molecule has 0 bridgehead atoms. The van der Waals surface area contributed by atoms with Gasteiger partial charge < -0.3 is 20.1 Å². The van der Waals surface area contributed by atoms with E-state index >= 15 is 0 Å². The molecule has 2 N–H and O–H groups in total. The quantitative estimate of drug-likeness (QED) is 0.829. The van der Waals surface area contributed by atoms with Crippen LogP contribution < -0.4 is 20.1 Å². The number of benzene rings is 2. The van der Waals surface area contributed by atoms with Gasteiger partial charge in [0.05, 0.1) is 13.2 Å². The molecule has 2 aromatic rings. The molecule has 2 aliphatic heterocycles. The van der Waals surface area contributed by atoms with E-state index < -0.39 is 0 Å². The minimum Gasteiger partial charge on any atom is -0.493 e. The highest BCUT2D eigenvalue weighted by Gasteiger charge is 2.22. The highest BCUT2D eigenvalue weighted by atomic mass is 16.5. The van der Waals surface area contributed by atoms with E-state index in [2.05, 4.69) is 47.0 Å². The Morgan fingerprint density at radius 2 is 1.17 bits per heavy atom. The molecule has 2 atom stereocenters. The predicted molar refractivity (Wildman–Crippen MR) is 94.6 cm³/mol. The van der Waals surface area contributed by atoms with Gasteiger partial charge in [-0.2, -0.15) is 0 Å². The molecule has 2 heterocycles. The fourth-order valence-electron chi connectivity index (χ4n) is 3.60. The lowest BCUT2D eigenvalue weighted by atomic mass is 10.00. The lowest BCUT2D eigenvalue weighted by molar-refractivity contribution is 0.245. The Morgan fingerprint density at radius 1 is 0.708 bits per heavy atom. The summed E-state index contributed by atoms with van der Waals surface area (Å²) in [5.74, 6) is 2.04. The van der Waals surface area contributed by atoms with Crippen LogP contribution in [0.1, 0.15) is 36.1 Å². The molecule has 0 saturated heterocycles. The Hall–Kier alpha value is -2.04. The molecule has 126 valence electrons. The molecule has 24 heavy (non-hydrogen) atoms. The van der Waals surface area contributed by atoms with Gasteiger partial charge in [0.25, 0.3) is 0 Å². The largest absolute Gasteiger partial charge is 0.493 e. The van der Waals surface area contributed by atoms with Gasteiger partial charge in [-0.1, -0.05) is 36.4 Å². The van der Waals surface area contributed by atoms with Crippen molar-refractivity contribution in [1.29, 1.82) is 0 Å². The average molecular weight is 324 g/mol. The molecule has 2 aromatic carbocycles. The summed E-state index contributed by atoms with van der Waals surface area (Å²) in [5, 5.41) is 7.34. The van der Waals surface area contributed by atoms with Gasteiger partial charge in [0.15, 0.2) is 0 Å². The van der Waals surface area contributed by atoms with Crippen LogP contribution in [0.25, 0.3) is 0 Å². The zero-order valence-electron chi connectivity index (χ0n) is 13.8. The van der Waals surface area contributed by atoms with Crippen molar-refractivity contribution < 1.29 is 9.47 Å². The maximum absolute atomic E-state index is 5.72. The molecule has 0 amide bonds. The van der Waals surface area contributed by atoms with E-state index in [9.17, 15) is 0 Å². The summed E-state index contributed by atoms with van der Waals surface area (Å²) in [6.45, 7) is 3.46. The predicted octanol–water partition coefficient (Wildman–Crippen LogP) is 3.21. The van der Waals surface area contributed by atoms with Crippen LogP contribution in [0.4, 0.5) is 0 Å². The van der Waals surface area contributed by atoms with E-state index in [-0.39, 0.29) is 0 Å². The van der Waals surface area contributed by atoms with E-state index in [1.54, 1.807) is 0 Å². The Bertz CT molecular complexity index is 629. The van der Waals surface area contributed by atoms with Crippen LogP contribution in [0.3, 0.4) is 0 Å². The van der Waals surface area contributed by atoms with Gasteiger partial charge in [0.2, 0.25) is 0 Å². The van der Waals surface area contributed by atoms with Gasteiger partial charge in [-0.25, -0.2) is 0 Å². The second-order valence-corrected chi connectivity index (χ2v) is 6.36. The summed E-state index contributed by atoms with van der Waals surface area (Å²) in [6, 6.07) is 17.4. The molecule has 0 fully saturated rings. The van der Waals surface area contributed by atoms with Gasteiger partial charge >= 0.3 is 0 Å². The monoisotopic (exact) mass is 324 g/mol. The van der Waals surface area contributed by atoms with Crippen molar-refractivity contribution in [2.24, 2.45) is 0 Å². The Balaban J connectivity index is 1.30. The third-order valence-electron chi connectivity index (χ3n) is 4.82. The van der Waals surface area contributed by atoms with Crippen LogP contribution in [-0.4, -0.2) is 26.3 Å². The Morgan fingerprint density at radius 3 is 1.67 bits per heavy atom. The number of fused-ring (bicyclic) bond motifs is 2. The van der Waals surface area contributed by atoms with E-state index in [1.807, 2.05) is 12.1 Å². The topological polar surface area (TPSA) is 42.5 Å². The second-order valence-electron chi connectivity index (χ2n) is 6.36. The van der Waals surface area contributed by atoms with Crippen LogP contribution in [0, 0.1) is 0 Å². The highest BCUT2D eigenvalue weighted by Crippen LogP contribution is 2.32. The molecule has 0 saturated carbocycles. The molecule has 2 aliphatic rings. The minimum atomic E-state index is 0.388. The Kier molecular flexibility index (Phi) is 4.67. The summed E-state index contributed by atoms with van der Waals surface area (Å²) in [5.41, 5.74) is 2.56. The summed E-state index contributed by atoms with van der Waals surface area (Å²) in [6.07, 6.45) is 2.05. The first kappa shape index (κ1) is 15.5. The summed E-state index contributed by atoms with van der Waals surface area (Å²) in [7, 11) is 0. The molecule has 4 nitrogen and oxygen atoms in total. The number of rotatable bonds is 5. The zero-order chi connectivity index (χ0) is 16.2. The molecular weight excluding hydrogens is 300 g/mol. The SMILES string of the molecule is c1ccc2c(c1)OCCC2NCCNC1CCOc2ccccc21. The fourth-order valence-corrected chi connectivity index (χ4v) is 3.60. The standard InChI is InChI=1S/C20H24N2O2/c1-3-7-19-15(5-1)17(9-13-23-19)21-11-12-22-18-10-14-24-20-8-4-2-6-16(18)20/h1-8,17-18,21-22H,9-14H2. The van der Waals surface area contributed by atoms with Crippen LogP contribution in [-0.2, 0) is 0 Å². The van der Waals surface area contributed by atoms with Crippen molar-refractivity contribution in [3.8, 4) is 11.5 Å². The number of hydrogen-bond acceptors (Lipinski definition) is 4. The number of nitrogens with one attached hydrogen (secondary N) is 2. The molecular formula is C20H24N2O2. The molecule has 4 rings (SSSR count). The van der Waals surface area contributed by atoms with Crippen molar-refractivity contribution in [1.82, 2.24) is 10.6 Å². The van der Waals surface area contributed by atoms with Crippen molar-refractivity contribution >= 4 is 0 Å². The van der Waals surface area contributed by atoms with Crippen molar-refractivity contribution in [3.63, 3.8) is 0 Å². The molecule has 2 unspecified atom stereocenters. The summed E-state index contributed by atoms with van der Waals surface area (Å²) >= 11 is 0. The second kappa shape index (κ2) is 7.24. The number of para-hydroxylation sites is 2. The summed E-state index contributed by atoms with van der Waals surface area (Å²) < 4.78 is 11.4. The third kappa shape index (κ3) is 3.25. The van der Waals surface area contributed by atoms with E-state index in [0.717, 1.165) is 50.6 Å². The third-order valence-corrected chi connectivity index (χ3v) is 4.82. The van der Waals surface area contributed by atoms with Gasteiger partial charge in [-0.3, -0.25) is 0 Å². The van der Waals surface area contributed by atoms with Crippen LogP contribution in [0.5, 0.6) is 11.5 Å². The number of hydrogen-bond donors (Lipinski definition) is 2. The first-order valence-corrected chi connectivity index (χ1v) is 8.82. The molecule has 0 aromatic heterocycles. The van der Waals surface area contributed by atoms with E-state index in [0.29, 0.717) is 12.1 Å². The van der Waals surface area contributed by atoms with Crippen molar-refractivity contribution in [3.05, 3.63) is 59.7 Å². The van der Waals surface area contributed by atoms with Crippen LogP contribution in [0.15, 0.2) is 48.5 Å². The lowest BCUT2D eigenvalue weighted by Gasteiger charge is -2.28.